The van der Waals surface area contributed by atoms with Gasteiger partial charge in [-0.2, -0.15) is 13.2 Å². The summed E-state index contributed by atoms with van der Waals surface area (Å²) in [5.41, 5.74) is 3.31. The minimum atomic E-state index is -4.28. The first-order valence-electron chi connectivity index (χ1n) is 6.57. The summed E-state index contributed by atoms with van der Waals surface area (Å²) in [7, 11) is -0.761. The third-order valence-corrected chi connectivity index (χ3v) is 3.71. The maximum atomic E-state index is 12.7. The van der Waals surface area contributed by atoms with E-state index in [-0.39, 0.29) is 0 Å². The summed E-state index contributed by atoms with van der Waals surface area (Å²) in [5, 5.41) is 0. The Labute approximate surface area is 117 Å². The molecule has 0 aliphatic heterocycles. The van der Waals surface area contributed by atoms with E-state index < -0.39 is 19.0 Å². The molecule has 0 unspecified atom stereocenters. The van der Waals surface area contributed by atoms with Crippen LogP contribution in [0.15, 0.2) is 49.0 Å². The van der Waals surface area contributed by atoms with Gasteiger partial charge in [-0.1, -0.05) is 54.6 Å². The van der Waals surface area contributed by atoms with Gasteiger partial charge in [-0.3, -0.25) is 0 Å². The highest BCUT2D eigenvalue weighted by Crippen LogP contribution is 2.28. The SMILES string of the molecule is C=Cc1ccc([BH2-]c2cc(C(F)(F)F)ccc2C)cc1. The summed E-state index contributed by atoms with van der Waals surface area (Å²) in [4.78, 5) is 0. The molecule has 0 atom stereocenters. The smallest absolute Gasteiger partial charge is 0.212 e. The standard InChI is InChI=1S/C16H15BF3/c1-3-12-5-8-14(9-6-12)17-15-10-13(16(18,19)20)7-4-11(15)2/h3-10H,1,17H2,2H3/q-1. The molecule has 0 spiro atoms. The monoisotopic (exact) mass is 275 g/mol. The summed E-state index contributed by atoms with van der Waals surface area (Å²) in [6, 6.07) is 11.8. The van der Waals surface area contributed by atoms with Crippen LogP contribution in [0.25, 0.3) is 6.08 Å². The molecule has 4 heteroatoms. The molecule has 0 aliphatic carbocycles. The second-order valence-corrected chi connectivity index (χ2v) is 5.16. The van der Waals surface area contributed by atoms with E-state index >= 15 is 0 Å². The van der Waals surface area contributed by atoms with Crippen molar-refractivity contribution in [1.29, 1.82) is 0 Å². The molecule has 0 nitrogen and oxygen atoms in total. The van der Waals surface area contributed by atoms with Crippen LogP contribution >= 0.6 is 0 Å². The van der Waals surface area contributed by atoms with Gasteiger partial charge in [0.15, 0.2) is 0 Å². The molecule has 0 aliphatic rings. The number of rotatable bonds is 3. The molecule has 20 heavy (non-hydrogen) atoms. The van der Waals surface area contributed by atoms with Gasteiger partial charge in [0.2, 0.25) is 0 Å². The van der Waals surface area contributed by atoms with E-state index in [4.69, 9.17) is 0 Å². The van der Waals surface area contributed by atoms with Crippen molar-refractivity contribution in [2.45, 2.75) is 13.1 Å². The summed E-state index contributed by atoms with van der Waals surface area (Å²) in [5.74, 6) is 0. The van der Waals surface area contributed by atoms with E-state index in [9.17, 15) is 13.2 Å². The van der Waals surface area contributed by atoms with Gasteiger partial charge in [0.25, 0.3) is 0 Å². The van der Waals surface area contributed by atoms with E-state index in [1.807, 2.05) is 31.2 Å². The third kappa shape index (κ3) is 3.32. The van der Waals surface area contributed by atoms with Crippen LogP contribution in [0.4, 0.5) is 13.2 Å². The number of aryl methyl sites for hydroxylation is 1. The molecule has 0 heterocycles. The van der Waals surface area contributed by atoms with E-state index in [0.29, 0.717) is 0 Å². The number of alkyl halides is 3. The maximum absolute atomic E-state index is 12.7. The molecule has 0 bridgehead atoms. The normalized spacial score (nSPS) is 11.4. The minimum Gasteiger partial charge on any atom is -0.212 e. The van der Waals surface area contributed by atoms with Gasteiger partial charge in [-0.25, -0.2) is 10.9 Å². The van der Waals surface area contributed by atoms with Crippen molar-refractivity contribution < 1.29 is 13.2 Å². The van der Waals surface area contributed by atoms with Gasteiger partial charge >= 0.3 is 6.18 Å². The van der Waals surface area contributed by atoms with Crippen LogP contribution < -0.4 is 10.9 Å². The molecular weight excluding hydrogens is 260 g/mol. The fraction of sp³-hybridized carbons (Fsp3) is 0.125. The molecule has 0 N–H and O–H groups in total. The van der Waals surface area contributed by atoms with E-state index in [1.165, 1.54) is 6.07 Å². The Kier molecular flexibility index (Phi) is 4.02. The van der Waals surface area contributed by atoms with Gasteiger partial charge in [0.1, 0.15) is 0 Å². The highest BCUT2D eigenvalue weighted by Gasteiger charge is 2.30. The highest BCUT2D eigenvalue weighted by atomic mass is 19.4. The molecule has 0 amide bonds. The number of benzene rings is 2. The summed E-state index contributed by atoms with van der Waals surface area (Å²) in [6.45, 7) is 5.54. The second kappa shape index (κ2) is 5.57. The predicted molar refractivity (Wildman–Crippen MR) is 80.5 cm³/mol. The van der Waals surface area contributed by atoms with Gasteiger partial charge in [0.05, 0.1) is 5.56 Å². The predicted octanol–water partition coefficient (Wildman–Crippen LogP) is 2.78. The Morgan fingerprint density at radius 1 is 1.05 bits per heavy atom. The first-order chi connectivity index (χ1) is 9.40. The Morgan fingerprint density at radius 2 is 1.70 bits per heavy atom. The lowest BCUT2D eigenvalue weighted by Gasteiger charge is -2.16. The van der Waals surface area contributed by atoms with Crippen LogP contribution in [0.5, 0.6) is 0 Å². The molecule has 2 rings (SSSR count). The van der Waals surface area contributed by atoms with Gasteiger partial charge in [-0.05, 0) is 18.6 Å². The van der Waals surface area contributed by atoms with Crippen molar-refractivity contribution >= 4 is 24.3 Å². The summed E-state index contributed by atoms with van der Waals surface area (Å²) >= 11 is 0. The zero-order chi connectivity index (χ0) is 14.8. The van der Waals surface area contributed by atoms with Crippen LogP contribution in [0.2, 0.25) is 0 Å². The molecule has 0 aromatic heterocycles. The van der Waals surface area contributed by atoms with Gasteiger partial charge in [-0.15, -0.1) is 0 Å². The van der Waals surface area contributed by atoms with Crippen molar-refractivity contribution in [3.8, 4) is 0 Å². The molecular formula is C16H15BF3-. The lowest BCUT2D eigenvalue weighted by Crippen LogP contribution is -2.30. The molecule has 2 aromatic carbocycles. The van der Waals surface area contributed by atoms with Crippen molar-refractivity contribution in [2.24, 2.45) is 0 Å². The molecule has 2 aromatic rings. The molecule has 0 saturated carbocycles. The maximum Gasteiger partial charge on any atom is 0.416 e. The number of hydrogen-bond acceptors (Lipinski definition) is 0. The van der Waals surface area contributed by atoms with Crippen LogP contribution in [-0.2, 0) is 6.18 Å². The van der Waals surface area contributed by atoms with E-state index in [2.05, 4.69) is 6.58 Å². The zero-order valence-corrected chi connectivity index (χ0v) is 11.5. The Hall–Kier alpha value is -1.97. The van der Waals surface area contributed by atoms with E-state index in [0.717, 1.165) is 28.1 Å². The average Bonchev–Trinajstić information content (AvgIpc) is 2.41. The number of hydrogen-bond donors (Lipinski definition) is 0. The fourth-order valence-corrected chi connectivity index (χ4v) is 2.37. The minimum absolute atomic E-state index is 0.565. The Balaban J connectivity index is 2.30. The van der Waals surface area contributed by atoms with Crippen LogP contribution in [0.1, 0.15) is 16.7 Å². The van der Waals surface area contributed by atoms with Crippen molar-refractivity contribution in [2.75, 3.05) is 0 Å². The Bertz CT molecular complexity index is 613. The lowest BCUT2D eigenvalue weighted by molar-refractivity contribution is -0.137. The molecule has 104 valence electrons. The largest absolute Gasteiger partial charge is 0.416 e. The van der Waals surface area contributed by atoms with Crippen molar-refractivity contribution in [3.63, 3.8) is 0 Å². The van der Waals surface area contributed by atoms with Crippen LogP contribution in [0, 0.1) is 6.92 Å². The van der Waals surface area contributed by atoms with Gasteiger partial charge in [0, 0.05) is 7.28 Å². The van der Waals surface area contributed by atoms with E-state index in [1.54, 1.807) is 12.1 Å². The lowest BCUT2D eigenvalue weighted by atomic mass is 9.62. The second-order valence-electron chi connectivity index (χ2n) is 5.16. The summed E-state index contributed by atoms with van der Waals surface area (Å²) in [6.07, 6.45) is -2.53. The van der Waals surface area contributed by atoms with Crippen molar-refractivity contribution in [1.82, 2.24) is 0 Å². The molecule has 0 saturated heterocycles. The summed E-state index contributed by atoms with van der Waals surface area (Å²) < 4.78 is 38.2. The highest BCUT2D eigenvalue weighted by molar-refractivity contribution is 6.67. The first-order valence-corrected chi connectivity index (χ1v) is 6.57. The topological polar surface area (TPSA) is 0 Å². The van der Waals surface area contributed by atoms with Crippen LogP contribution in [0.3, 0.4) is 0 Å². The van der Waals surface area contributed by atoms with Crippen molar-refractivity contribution in [3.05, 3.63) is 65.7 Å². The average molecular weight is 275 g/mol. The van der Waals surface area contributed by atoms with Crippen LogP contribution in [-0.4, -0.2) is 7.28 Å². The molecule has 0 radical (unpaired) electrons. The zero-order valence-electron chi connectivity index (χ0n) is 11.5. The molecule has 0 fully saturated rings. The first kappa shape index (κ1) is 14.4. The quantitative estimate of drug-likeness (QED) is 0.756. The Morgan fingerprint density at radius 3 is 2.25 bits per heavy atom. The fourth-order valence-electron chi connectivity index (χ4n) is 2.37. The van der Waals surface area contributed by atoms with Gasteiger partial charge < -0.3 is 0 Å². The number of halogens is 3. The third-order valence-electron chi connectivity index (χ3n) is 3.71.